The normalized spacial score (nSPS) is 17.2. The molecule has 96 valence electrons. The van der Waals surface area contributed by atoms with Crippen molar-refractivity contribution in [2.75, 3.05) is 13.6 Å². The maximum absolute atomic E-state index is 4.65. The lowest BCUT2D eigenvalue weighted by Gasteiger charge is -2.20. The molecule has 0 aliphatic heterocycles. The molecule has 0 unspecified atom stereocenters. The predicted molar refractivity (Wildman–Crippen MR) is 71.0 cm³/mol. The first kappa shape index (κ1) is 12.6. The van der Waals surface area contributed by atoms with Crippen molar-refractivity contribution >= 4 is 0 Å². The van der Waals surface area contributed by atoms with E-state index in [4.69, 9.17) is 0 Å². The van der Waals surface area contributed by atoms with E-state index in [0.29, 0.717) is 0 Å². The van der Waals surface area contributed by atoms with Crippen molar-refractivity contribution in [3.05, 3.63) is 17.2 Å². The van der Waals surface area contributed by atoms with Gasteiger partial charge in [0.05, 0.1) is 12.2 Å². The summed E-state index contributed by atoms with van der Waals surface area (Å²) in [6.07, 6.45) is 5.70. The molecule has 0 N–H and O–H groups in total. The van der Waals surface area contributed by atoms with Crippen LogP contribution >= 0.6 is 0 Å². The van der Waals surface area contributed by atoms with Crippen LogP contribution in [0.15, 0.2) is 0 Å². The van der Waals surface area contributed by atoms with Crippen molar-refractivity contribution in [1.29, 1.82) is 0 Å². The summed E-state index contributed by atoms with van der Waals surface area (Å²) in [4.78, 5) is 7.07. The lowest BCUT2D eigenvalue weighted by Crippen LogP contribution is -2.25. The van der Waals surface area contributed by atoms with Gasteiger partial charge in [-0.05, 0) is 39.7 Å². The van der Waals surface area contributed by atoms with Crippen molar-refractivity contribution in [2.45, 2.75) is 46.1 Å². The minimum atomic E-state index is 0.919. The summed E-state index contributed by atoms with van der Waals surface area (Å²) in [7, 11) is 4.34. The Bertz CT molecular complexity index is 375. The number of imidazole rings is 1. The lowest BCUT2D eigenvalue weighted by atomic mass is 10.1. The first-order valence-electron chi connectivity index (χ1n) is 6.75. The molecule has 0 bridgehead atoms. The first-order chi connectivity index (χ1) is 8.08. The summed E-state index contributed by atoms with van der Waals surface area (Å²) in [5.74, 6) is 2.11. The molecule has 3 nitrogen and oxygen atoms in total. The summed E-state index contributed by atoms with van der Waals surface area (Å²) in [6, 6.07) is 0. The second kappa shape index (κ2) is 5.21. The van der Waals surface area contributed by atoms with Crippen LogP contribution in [0.4, 0.5) is 0 Å². The topological polar surface area (TPSA) is 21.1 Å². The molecule has 1 saturated carbocycles. The molecule has 0 spiro atoms. The lowest BCUT2D eigenvalue weighted by molar-refractivity contribution is 0.263. The van der Waals surface area contributed by atoms with E-state index in [2.05, 4.69) is 42.4 Å². The van der Waals surface area contributed by atoms with Crippen LogP contribution in [0.25, 0.3) is 0 Å². The van der Waals surface area contributed by atoms with Gasteiger partial charge in [-0.15, -0.1) is 0 Å². The number of nitrogens with zero attached hydrogens (tertiary/aromatic N) is 3. The monoisotopic (exact) mass is 235 g/mol. The van der Waals surface area contributed by atoms with Crippen LogP contribution in [0.1, 0.15) is 42.9 Å². The Morgan fingerprint density at radius 1 is 1.29 bits per heavy atom. The molecule has 0 aromatic carbocycles. The van der Waals surface area contributed by atoms with E-state index in [-0.39, 0.29) is 0 Å². The standard InChI is InChI=1S/C14H25N3/c1-11-12(2)17(4)14(15-11)10-16(3)9-13-7-5-6-8-13/h13H,5-10H2,1-4H3. The molecule has 1 aromatic heterocycles. The third-order valence-corrected chi connectivity index (χ3v) is 4.17. The minimum absolute atomic E-state index is 0.919. The van der Waals surface area contributed by atoms with Gasteiger partial charge in [0.15, 0.2) is 0 Å². The van der Waals surface area contributed by atoms with E-state index in [0.717, 1.165) is 18.2 Å². The Labute approximate surface area is 105 Å². The second-order valence-corrected chi connectivity index (χ2v) is 5.61. The highest BCUT2D eigenvalue weighted by Crippen LogP contribution is 2.25. The zero-order valence-corrected chi connectivity index (χ0v) is 11.7. The molecule has 2 rings (SSSR count). The van der Waals surface area contributed by atoms with Crippen LogP contribution in [-0.4, -0.2) is 28.0 Å². The summed E-state index contributed by atoms with van der Waals surface area (Å²) in [5.41, 5.74) is 2.45. The van der Waals surface area contributed by atoms with Gasteiger partial charge in [-0.3, -0.25) is 4.90 Å². The van der Waals surface area contributed by atoms with Crippen molar-refractivity contribution in [3.63, 3.8) is 0 Å². The van der Waals surface area contributed by atoms with E-state index in [1.165, 1.54) is 43.7 Å². The molecule has 0 amide bonds. The third-order valence-electron chi connectivity index (χ3n) is 4.17. The Morgan fingerprint density at radius 2 is 1.94 bits per heavy atom. The van der Waals surface area contributed by atoms with Gasteiger partial charge >= 0.3 is 0 Å². The Kier molecular flexibility index (Phi) is 3.87. The molecule has 0 radical (unpaired) electrons. The Balaban J connectivity index is 1.92. The van der Waals surface area contributed by atoms with E-state index in [9.17, 15) is 0 Å². The fourth-order valence-electron chi connectivity index (χ4n) is 2.87. The molecule has 0 atom stereocenters. The van der Waals surface area contributed by atoms with Gasteiger partial charge in [0.2, 0.25) is 0 Å². The summed E-state index contributed by atoms with van der Waals surface area (Å²) >= 11 is 0. The van der Waals surface area contributed by atoms with Gasteiger partial charge in [-0.25, -0.2) is 4.98 Å². The van der Waals surface area contributed by atoms with Crippen molar-refractivity contribution in [1.82, 2.24) is 14.5 Å². The van der Waals surface area contributed by atoms with Crippen LogP contribution in [0, 0.1) is 19.8 Å². The van der Waals surface area contributed by atoms with Gasteiger partial charge in [0.1, 0.15) is 5.82 Å². The van der Waals surface area contributed by atoms with Gasteiger partial charge in [0, 0.05) is 19.3 Å². The number of aryl methyl sites for hydroxylation is 1. The molecule has 1 aliphatic carbocycles. The van der Waals surface area contributed by atoms with E-state index in [1.54, 1.807) is 0 Å². The largest absolute Gasteiger partial charge is 0.334 e. The fourth-order valence-corrected chi connectivity index (χ4v) is 2.87. The highest BCUT2D eigenvalue weighted by atomic mass is 15.2. The smallest absolute Gasteiger partial charge is 0.123 e. The second-order valence-electron chi connectivity index (χ2n) is 5.61. The first-order valence-corrected chi connectivity index (χ1v) is 6.75. The molecule has 17 heavy (non-hydrogen) atoms. The number of hydrogen-bond donors (Lipinski definition) is 0. The van der Waals surface area contributed by atoms with Crippen molar-refractivity contribution < 1.29 is 0 Å². The van der Waals surface area contributed by atoms with E-state index < -0.39 is 0 Å². The van der Waals surface area contributed by atoms with Gasteiger partial charge in [0.25, 0.3) is 0 Å². The minimum Gasteiger partial charge on any atom is -0.334 e. The number of hydrogen-bond acceptors (Lipinski definition) is 2. The summed E-state index contributed by atoms with van der Waals surface area (Å²) in [6.45, 7) is 6.44. The van der Waals surface area contributed by atoms with Crippen LogP contribution in [-0.2, 0) is 13.6 Å². The van der Waals surface area contributed by atoms with Crippen LogP contribution in [0.5, 0.6) is 0 Å². The van der Waals surface area contributed by atoms with Crippen LogP contribution < -0.4 is 0 Å². The SMILES string of the molecule is Cc1nc(CN(C)CC2CCCC2)n(C)c1C. The van der Waals surface area contributed by atoms with Gasteiger partial charge < -0.3 is 4.57 Å². The Hall–Kier alpha value is -0.830. The third kappa shape index (κ3) is 2.89. The molecule has 1 fully saturated rings. The van der Waals surface area contributed by atoms with Crippen molar-refractivity contribution in [3.8, 4) is 0 Å². The quantitative estimate of drug-likeness (QED) is 0.800. The van der Waals surface area contributed by atoms with Crippen molar-refractivity contribution in [2.24, 2.45) is 13.0 Å². The molecule has 3 heteroatoms. The zero-order chi connectivity index (χ0) is 12.4. The molecule has 1 heterocycles. The molecule has 1 aromatic rings. The summed E-state index contributed by atoms with van der Waals surface area (Å²) < 4.78 is 2.22. The maximum Gasteiger partial charge on any atom is 0.123 e. The number of rotatable bonds is 4. The van der Waals surface area contributed by atoms with Gasteiger partial charge in [-0.2, -0.15) is 0 Å². The van der Waals surface area contributed by atoms with Crippen LogP contribution in [0.2, 0.25) is 0 Å². The Morgan fingerprint density at radius 3 is 2.47 bits per heavy atom. The molecule has 0 saturated heterocycles. The summed E-state index contributed by atoms with van der Waals surface area (Å²) in [5, 5.41) is 0. The average Bonchev–Trinajstić information content (AvgIpc) is 2.85. The molecular weight excluding hydrogens is 210 g/mol. The maximum atomic E-state index is 4.65. The fraction of sp³-hybridized carbons (Fsp3) is 0.786. The van der Waals surface area contributed by atoms with Gasteiger partial charge in [-0.1, -0.05) is 12.8 Å². The van der Waals surface area contributed by atoms with E-state index in [1.807, 2.05) is 0 Å². The highest BCUT2D eigenvalue weighted by Gasteiger charge is 2.18. The predicted octanol–water partition coefficient (Wildman–Crippen LogP) is 2.66. The van der Waals surface area contributed by atoms with Crippen LogP contribution in [0.3, 0.4) is 0 Å². The molecule has 1 aliphatic rings. The molecular formula is C14H25N3. The number of aromatic nitrogens is 2. The highest BCUT2D eigenvalue weighted by molar-refractivity contribution is 5.13. The zero-order valence-electron chi connectivity index (χ0n) is 11.7. The average molecular weight is 235 g/mol. The van der Waals surface area contributed by atoms with E-state index >= 15 is 0 Å².